The fraction of sp³-hybridized carbons (Fsp3) is 0.207. The second kappa shape index (κ2) is 9.64. The number of ether oxygens (including phenoxy) is 1. The first-order chi connectivity index (χ1) is 17.8. The van der Waals surface area contributed by atoms with Crippen molar-refractivity contribution in [2.24, 2.45) is 0 Å². The number of anilines is 2. The van der Waals surface area contributed by atoms with Crippen molar-refractivity contribution in [1.82, 2.24) is 9.55 Å². The predicted molar refractivity (Wildman–Crippen MR) is 145 cm³/mol. The Labute approximate surface area is 220 Å². The molecule has 2 heterocycles. The fourth-order valence-corrected chi connectivity index (χ4v) is 5.05. The second-order valence-corrected chi connectivity index (χ2v) is 9.64. The van der Waals surface area contributed by atoms with Crippen LogP contribution in [-0.2, 0) is 0 Å². The molecule has 0 bridgehead atoms. The topological polar surface area (TPSA) is 83.2 Å². The molecule has 1 N–H and O–H groups in total. The number of nitriles is 1. The summed E-state index contributed by atoms with van der Waals surface area (Å²) < 4.78 is 7.79. The van der Waals surface area contributed by atoms with E-state index in [0.29, 0.717) is 33.7 Å². The Kier molecular flexibility index (Phi) is 6.36. The number of benzene rings is 3. The van der Waals surface area contributed by atoms with Crippen molar-refractivity contribution >= 4 is 29.1 Å². The molecule has 3 aromatic carbocycles. The van der Waals surface area contributed by atoms with Crippen molar-refractivity contribution in [3.8, 4) is 23.2 Å². The highest BCUT2D eigenvalue weighted by Gasteiger charge is 2.41. The number of carbonyl (C=O) groups is 1. The smallest absolute Gasteiger partial charge is 0.328 e. The normalized spacial score (nSPS) is 14.8. The van der Waals surface area contributed by atoms with E-state index in [2.05, 4.69) is 29.8 Å². The number of methoxy groups -OCH3 is 1. The second-order valence-electron chi connectivity index (χ2n) is 9.20. The summed E-state index contributed by atoms with van der Waals surface area (Å²) in [6.07, 6.45) is 0. The van der Waals surface area contributed by atoms with Crippen molar-refractivity contribution in [3.63, 3.8) is 0 Å². The molecule has 1 aliphatic heterocycles. The number of rotatable bonds is 5. The molecule has 1 aliphatic rings. The monoisotopic (exact) mass is 511 g/mol. The summed E-state index contributed by atoms with van der Waals surface area (Å²) >= 11 is 6.39. The lowest BCUT2D eigenvalue weighted by molar-refractivity contribution is 0.254. The van der Waals surface area contributed by atoms with Crippen LogP contribution in [0.1, 0.15) is 48.3 Å². The Bertz CT molecular complexity index is 1540. The van der Waals surface area contributed by atoms with Gasteiger partial charge in [-0.1, -0.05) is 41.9 Å². The largest absolute Gasteiger partial charge is 0.496 e. The van der Waals surface area contributed by atoms with Crippen molar-refractivity contribution in [1.29, 1.82) is 5.26 Å². The van der Waals surface area contributed by atoms with Gasteiger partial charge >= 0.3 is 6.03 Å². The minimum absolute atomic E-state index is 0.00866. The summed E-state index contributed by atoms with van der Waals surface area (Å²) in [4.78, 5) is 20.4. The van der Waals surface area contributed by atoms with Gasteiger partial charge in [-0.15, -0.1) is 0 Å². The standard InChI is InChI=1S/C29H26ClN5O2/c1-17(2)34-26-25(20-12-10-19(16-31)11-13-20)35(23-15-21(30)14-9-18(23)3)29(36)33-27(26)32-28(34)22-7-5-6-8-24(22)37-4/h5-15,17,25H,1-4H3,(H,33,36). The van der Waals surface area contributed by atoms with Crippen LogP contribution in [0.3, 0.4) is 0 Å². The molecule has 4 aromatic rings. The maximum Gasteiger partial charge on any atom is 0.328 e. The van der Waals surface area contributed by atoms with E-state index in [1.165, 1.54) is 0 Å². The number of amides is 2. The van der Waals surface area contributed by atoms with E-state index >= 15 is 0 Å². The summed E-state index contributed by atoms with van der Waals surface area (Å²) in [5.74, 6) is 1.88. The highest BCUT2D eigenvalue weighted by atomic mass is 35.5. The minimum Gasteiger partial charge on any atom is -0.496 e. The van der Waals surface area contributed by atoms with Crippen LogP contribution in [0.15, 0.2) is 66.7 Å². The minimum atomic E-state index is -0.521. The lowest BCUT2D eigenvalue weighted by Gasteiger charge is -2.38. The Morgan fingerprint density at radius 3 is 2.51 bits per heavy atom. The van der Waals surface area contributed by atoms with Crippen LogP contribution in [0, 0.1) is 18.3 Å². The molecule has 5 rings (SSSR count). The molecule has 2 amide bonds. The zero-order chi connectivity index (χ0) is 26.3. The van der Waals surface area contributed by atoms with Gasteiger partial charge in [0.1, 0.15) is 17.6 Å². The molecule has 1 aromatic heterocycles. The molecule has 0 spiro atoms. The lowest BCUT2D eigenvalue weighted by Crippen LogP contribution is -2.44. The van der Waals surface area contributed by atoms with Gasteiger partial charge in [0.2, 0.25) is 0 Å². The molecule has 186 valence electrons. The van der Waals surface area contributed by atoms with Crippen LogP contribution in [0.2, 0.25) is 5.02 Å². The fourth-order valence-electron chi connectivity index (χ4n) is 4.88. The first-order valence-corrected chi connectivity index (χ1v) is 12.3. The zero-order valence-electron chi connectivity index (χ0n) is 21.0. The van der Waals surface area contributed by atoms with Crippen LogP contribution in [-0.4, -0.2) is 22.7 Å². The average molecular weight is 512 g/mol. The predicted octanol–water partition coefficient (Wildman–Crippen LogP) is 7.11. The summed E-state index contributed by atoms with van der Waals surface area (Å²) in [7, 11) is 1.63. The van der Waals surface area contributed by atoms with Crippen LogP contribution in [0.5, 0.6) is 5.75 Å². The first kappa shape index (κ1) is 24.4. The van der Waals surface area contributed by atoms with Gasteiger partial charge in [0, 0.05) is 11.1 Å². The third kappa shape index (κ3) is 4.20. The Hall–Kier alpha value is -4.28. The molecular weight excluding hydrogens is 486 g/mol. The molecule has 0 saturated heterocycles. The summed E-state index contributed by atoms with van der Waals surface area (Å²) in [6, 6.07) is 21.9. The Morgan fingerprint density at radius 2 is 1.84 bits per heavy atom. The molecule has 0 aliphatic carbocycles. The van der Waals surface area contributed by atoms with Gasteiger partial charge in [0.05, 0.1) is 35.7 Å². The highest BCUT2D eigenvalue weighted by Crippen LogP contribution is 2.45. The maximum atomic E-state index is 13.7. The highest BCUT2D eigenvalue weighted by molar-refractivity contribution is 6.31. The quantitative estimate of drug-likeness (QED) is 0.309. The van der Waals surface area contributed by atoms with Crippen molar-refractivity contribution in [3.05, 3.63) is 94.1 Å². The molecule has 7 nitrogen and oxygen atoms in total. The number of hydrogen-bond donors (Lipinski definition) is 1. The van der Waals surface area contributed by atoms with Crippen LogP contribution in [0.4, 0.5) is 16.3 Å². The van der Waals surface area contributed by atoms with Gasteiger partial charge in [0.15, 0.2) is 5.82 Å². The number of urea groups is 1. The number of nitrogens with zero attached hydrogens (tertiary/aromatic N) is 4. The van der Waals surface area contributed by atoms with Gasteiger partial charge in [-0.2, -0.15) is 5.26 Å². The molecule has 1 unspecified atom stereocenters. The Morgan fingerprint density at radius 1 is 1.11 bits per heavy atom. The first-order valence-electron chi connectivity index (χ1n) is 12.0. The molecule has 37 heavy (non-hydrogen) atoms. The lowest BCUT2D eigenvalue weighted by atomic mass is 9.97. The molecular formula is C29H26ClN5O2. The number of nitrogens with one attached hydrogen (secondary N) is 1. The Balaban J connectivity index is 1.82. The summed E-state index contributed by atoms with van der Waals surface area (Å²) in [5, 5.41) is 12.9. The molecule has 0 fully saturated rings. The third-order valence-corrected chi connectivity index (χ3v) is 6.79. The molecule has 0 saturated carbocycles. The third-order valence-electron chi connectivity index (χ3n) is 6.56. The maximum absolute atomic E-state index is 13.7. The van der Waals surface area contributed by atoms with E-state index in [0.717, 1.165) is 22.4 Å². The van der Waals surface area contributed by atoms with E-state index < -0.39 is 6.04 Å². The number of aromatic nitrogens is 2. The molecule has 8 heteroatoms. The van der Waals surface area contributed by atoms with Gasteiger partial charge in [-0.05, 0) is 68.3 Å². The van der Waals surface area contributed by atoms with Crippen LogP contribution < -0.4 is 15.0 Å². The van der Waals surface area contributed by atoms with Gasteiger partial charge in [-0.3, -0.25) is 10.2 Å². The molecule has 0 radical (unpaired) electrons. The van der Waals surface area contributed by atoms with Crippen molar-refractivity contribution < 1.29 is 9.53 Å². The summed E-state index contributed by atoms with van der Waals surface area (Å²) in [6.45, 7) is 6.12. The number of imidazole rings is 1. The van der Waals surface area contributed by atoms with Crippen LogP contribution in [0.25, 0.3) is 11.4 Å². The average Bonchev–Trinajstić information content (AvgIpc) is 3.28. The van der Waals surface area contributed by atoms with E-state index in [1.54, 1.807) is 30.2 Å². The number of halogens is 1. The number of aryl methyl sites for hydroxylation is 1. The van der Waals surface area contributed by atoms with E-state index in [-0.39, 0.29) is 12.1 Å². The summed E-state index contributed by atoms with van der Waals surface area (Å²) in [5.41, 5.74) is 4.65. The molecule has 1 atom stereocenters. The zero-order valence-corrected chi connectivity index (χ0v) is 21.7. The SMILES string of the molecule is COc1ccccc1-c1nc2c(n1C(C)C)C(c1ccc(C#N)cc1)N(c1cc(Cl)ccc1C)C(=O)N2. The number of hydrogen-bond acceptors (Lipinski definition) is 4. The van der Waals surface area contributed by atoms with Gasteiger partial charge < -0.3 is 9.30 Å². The number of carbonyl (C=O) groups excluding carboxylic acids is 1. The van der Waals surface area contributed by atoms with E-state index in [9.17, 15) is 10.1 Å². The number of para-hydroxylation sites is 1. The van der Waals surface area contributed by atoms with Gasteiger partial charge in [-0.25, -0.2) is 9.78 Å². The van der Waals surface area contributed by atoms with Crippen molar-refractivity contribution in [2.75, 3.05) is 17.3 Å². The van der Waals surface area contributed by atoms with E-state index in [4.69, 9.17) is 21.3 Å². The van der Waals surface area contributed by atoms with Crippen molar-refractivity contribution in [2.45, 2.75) is 32.9 Å². The van der Waals surface area contributed by atoms with E-state index in [1.807, 2.05) is 55.5 Å². The number of fused-ring (bicyclic) bond motifs is 1. The van der Waals surface area contributed by atoms with Gasteiger partial charge in [0.25, 0.3) is 0 Å². The van der Waals surface area contributed by atoms with Crippen LogP contribution >= 0.6 is 11.6 Å².